The number of tetrazole rings is 1. The van der Waals surface area contributed by atoms with Gasteiger partial charge in [0.15, 0.2) is 17.3 Å². The number of aromatic nitrogens is 5. The highest BCUT2D eigenvalue weighted by Crippen LogP contribution is 2.35. The van der Waals surface area contributed by atoms with Gasteiger partial charge in [-0.25, -0.2) is 9.07 Å². The van der Waals surface area contributed by atoms with E-state index in [4.69, 9.17) is 9.47 Å². The SMILES string of the molecule is CCC(c1nnnn1CCc1ccccc1)N(Cc1ccc(F)cc1)Cc1cc2cc3c(cc2[nH]c1=O)OCO3. The minimum absolute atomic E-state index is 0.158. The number of rotatable bonds is 10. The molecule has 6 rings (SSSR count). The van der Waals surface area contributed by atoms with Crippen molar-refractivity contribution in [2.24, 2.45) is 0 Å². The van der Waals surface area contributed by atoms with Crippen molar-refractivity contribution in [1.29, 1.82) is 0 Å². The Morgan fingerprint density at radius 2 is 1.77 bits per heavy atom. The lowest BCUT2D eigenvalue weighted by Gasteiger charge is -2.30. The van der Waals surface area contributed by atoms with Crippen LogP contribution in [-0.2, 0) is 26.1 Å². The lowest BCUT2D eigenvalue weighted by Crippen LogP contribution is -2.32. The normalized spacial score (nSPS) is 13.3. The van der Waals surface area contributed by atoms with Crippen LogP contribution in [0.3, 0.4) is 0 Å². The molecule has 1 unspecified atom stereocenters. The van der Waals surface area contributed by atoms with Crippen molar-refractivity contribution >= 4 is 10.9 Å². The summed E-state index contributed by atoms with van der Waals surface area (Å²) in [4.78, 5) is 18.4. The summed E-state index contributed by atoms with van der Waals surface area (Å²) in [7, 11) is 0. The van der Waals surface area contributed by atoms with E-state index in [0.29, 0.717) is 48.6 Å². The van der Waals surface area contributed by atoms with E-state index in [-0.39, 0.29) is 24.2 Å². The first-order valence-electron chi connectivity index (χ1n) is 13.3. The third-order valence-corrected chi connectivity index (χ3v) is 7.23. The molecular weight excluding hydrogens is 511 g/mol. The predicted molar refractivity (Wildman–Crippen MR) is 147 cm³/mol. The summed E-state index contributed by atoms with van der Waals surface area (Å²) in [6, 6.07) is 22.0. The van der Waals surface area contributed by atoms with Crippen LogP contribution < -0.4 is 15.0 Å². The smallest absolute Gasteiger partial charge is 0.252 e. The number of hydrogen-bond donors (Lipinski definition) is 1. The zero-order valence-corrected chi connectivity index (χ0v) is 22.1. The van der Waals surface area contributed by atoms with Gasteiger partial charge in [0.05, 0.1) is 11.6 Å². The molecule has 204 valence electrons. The maximum absolute atomic E-state index is 13.7. The molecule has 10 heteroatoms. The molecule has 0 amide bonds. The number of benzene rings is 3. The molecule has 1 aliphatic rings. The van der Waals surface area contributed by atoms with Crippen molar-refractivity contribution in [3.8, 4) is 11.5 Å². The maximum atomic E-state index is 13.7. The summed E-state index contributed by atoms with van der Waals surface area (Å²) in [6.07, 6.45) is 1.49. The number of hydrogen-bond acceptors (Lipinski definition) is 7. The number of nitrogens with zero attached hydrogens (tertiary/aromatic N) is 5. The van der Waals surface area contributed by atoms with Crippen LogP contribution in [0, 0.1) is 5.82 Å². The summed E-state index contributed by atoms with van der Waals surface area (Å²) < 4.78 is 26.5. The van der Waals surface area contributed by atoms with Gasteiger partial charge in [0.2, 0.25) is 6.79 Å². The third-order valence-electron chi connectivity index (χ3n) is 7.23. The molecule has 3 heterocycles. The molecule has 9 nitrogen and oxygen atoms in total. The Morgan fingerprint density at radius 1 is 1.00 bits per heavy atom. The van der Waals surface area contributed by atoms with Gasteiger partial charge >= 0.3 is 0 Å². The van der Waals surface area contributed by atoms with Gasteiger partial charge in [-0.15, -0.1) is 5.10 Å². The fraction of sp³-hybridized carbons (Fsp3) is 0.267. The zero-order chi connectivity index (χ0) is 27.5. The summed E-state index contributed by atoms with van der Waals surface area (Å²) in [5, 5.41) is 13.5. The Labute approximate surface area is 230 Å². The standard InChI is InChI=1S/C30H29FN6O3/c1-2-26(29-33-34-35-37(29)13-12-20-6-4-3-5-7-20)36(17-21-8-10-24(31)11-9-21)18-23-14-22-15-27-28(40-19-39-27)16-25(22)32-30(23)38/h3-11,14-16,26H,2,12-13,17-19H2,1H3,(H,32,38). The van der Waals surface area contributed by atoms with Gasteiger partial charge in [0, 0.05) is 36.7 Å². The van der Waals surface area contributed by atoms with Crippen LogP contribution in [0.4, 0.5) is 4.39 Å². The molecule has 0 bridgehead atoms. The van der Waals surface area contributed by atoms with E-state index in [9.17, 15) is 9.18 Å². The Kier molecular flexibility index (Phi) is 7.24. The summed E-state index contributed by atoms with van der Waals surface area (Å²) in [5.41, 5.74) is 3.21. The van der Waals surface area contributed by atoms with Crippen molar-refractivity contribution in [3.63, 3.8) is 0 Å². The van der Waals surface area contributed by atoms with E-state index in [1.54, 1.807) is 18.2 Å². The second-order valence-electron chi connectivity index (χ2n) is 9.87. The average Bonchev–Trinajstić information content (AvgIpc) is 3.62. The topological polar surface area (TPSA) is 98.2 Å². The van der Waals surface area contributed by atoms with Crippen LogP contribution in [0.1, 0.15) is 41.9 Å². The first-order chi connectivity index (χ1) is 19.6. The van der Waals surface area contributed by atoms with Gasteiger partial charge < -0.3 is 14.5 Å². The van der Waals surface area contributed by atoms with E-state index < -0.39 is 0 Å². The predicted octanol–water partition coefficient (Wildman–Crippen LogP) is 4.78. The molecule has 1 N–H and O–H groups in total. The molecule has 3 aromatic carbocycles. The minimum Gasteiger partial charge on any atom is -0.454 e. The number of H-pyrrole nitrogens is 1. The molecule has 0 radical (unpaired) electrons. The lowest BCUT2D eigenvalue weighted by atomic mass is 10.1. The van der Waals surface area contributed by atoms with Crippen LogP contribution >= 0.6 is 0 Å². The molecule has 0 saturated heterocycles. The van der Waals surface area contributed by atoms with Gasteiger partial charge in [0.25, 0.3) is 5.56 Å². The van der Waals surface area contributed by atoms with Crippen molar-refractivity contribution in [2.75, 3.05) is 6.79 Å². The van der Waals surface area contributed by atoms with Gasteiger partial charge in [-0.1, -0.05) is 49.4 Å². The first kappa shape index (κ1) is 25.7. The number of aryl methyl sites for hydroxylation is 2. The fourth-order valence-corrected chi connectivity index (χ4v) is 5.17. The number of ether oxygens (including phenoxy) is 2. The number of aromatic amines is 1. The average molecular weight is 541 g/mol. The molecule has 40 heavy (non-hydrogen) atoms. The van der Waals surface area contributed by atoms with E-state index in [2.05, 4.69) is 44.5 Å². The quantitative estimate of drug-likeness (QED) is 0.272. The first-order valence-corrected chi connectivity index (χ1v) is 13.3. The second-order valence-corrected chi connectivity index (χ2v) is 9.87. The maximum Gasteiger partial charge on any atom is 0.252 e. The fourth-order valence-electron chi connectivity index (χ4n) is 5.17. The molecule has 1 aliphatic heterocycles. The monoisotopic (exact) mass is 540 g/mol. The van der Waals surface area contributed by atoms with Gasteiger partial charge in [-0.05, 0) is 58.7 Å². The van der Waals surface area contributed by atoms with Crippen LogP contribution in [0.5, 0.6) is 11.5 Å². The Bertz CT molecular complexity index is 1670. The molecule has 0 spiro atoms. The van der Waals surface area contributed by atoms with Crippen LogP contribution in [0.25, 0.3) is 10.9 Å². The zero-order valence-electron chi connectivity index (χ0n) is 22.1. The highest BCUT2D eigenvalue weighted by atomic mass is 19.1. The Morgan fingerprint density at radius 3 is 2.55 bits per heavy atom. The molecular formula is C30H29FN6O3. The highest BCUT2D eigenvalue weighted by molar-refractivity contribution is 5.83. The molecule has 0 aliphatic carbocycles. The minimum atomic E-state index is -0.295. The van der Waals surface area contributed by atoms with Crippen molar-refractivity contribution in [2.45, 2.75) is 45.4 Å². The highest BCUT2D eigenvalue weighted by Gasteiger charge is 2.26. The van der Waals surface area contributed by atoms with E-state index in [1.165, 1.54) is 17.7 Å². The van der Waals surface area contributed by atoms with Crippen LogP contribution in [-0.4, -0.2) is 36.9 Å². The van der Waals surface area contributed by atoms with E-state index in [1.807, 2.05) is 35.0 Å². The molecule has 5 aromatic rings. The van der Waals surface area contributed by atoms with Gasteiger partial charge in [0.1, 0.15) is 5.82 Å². The molecule has 0 fully saturated rings. The summed E-state index contributed by atoms with van der Waals surface area (Å²) in [6.45, 7) is 3.66. The Balaban J connectivity index is 1.33. The largest absolute Gasteiger partial charge is 0.454 e. The number of pyridine rings is 1. The van der Waals surface area contributed by atoms with Gasteiger partial charge in [-0.3, -0.25) is 9.69 Å². The second kappa shape index (κ2) is 11.3. The number of nitrogens with one attached hydrogen (secondary N) is 1. The van der Waals surface area contributed by atoms with Crippen molar-refractivity contribution in [3.05, 3.63) is 111 Å². The molecule has 2 aromatic heterocycles. The van der Waals surface area contributed by atoms with Crippen molar-refractivity contribution < 1.29 is 13.9 Å². The summed E-state index contributed by atoms with van der Waals surface area (Å²) in [5.74, 6) is 1.69. The van der Waals surface area contributed by atoms with Crippen molar-refractivity contribution in [1.82, 2.24) is 30.1 Å². The van der Waals surface area contributed by atoms with E-state index >= 15 is 0 Å². The number of fused-ring (bicyclic) bond motifs is 2. The number of halogens is 1. The van der Waals surface area contributed by atoms with Crippen LogP contribution in [0.15, 0.2) is 77.6 Å². The third kappa shape index (κ3) is 5.43. The van der Waals surface area contributed by atoms with Gasteiger partial charge in [-0.2, -0.15) is 0 Å². The van der Waals surface area contributed by atoms with E-state index in [0.717, 1.165) is 23.2 Å². The lowest BCUT2D eigenvalue weighted by molar-refractivity contribution is 0.160. The molecule has 1 atom stereocenters. The van der Waals surface area contributed by atoms with Crippen LogP contribution in [0.2, 0.25) is 0 Å². The summed E-state index contributed by atoms with van der Waals surface area (Å²) >= 11 is 0. The Hall–Kier alpha value is -4.57. The molecule has 0 saturated carbocycles.